The Hall–Kier alpha value is -4.68. The van der Waals surface area contributed by atoms with Gasteiger partial charge in [0.05, 0.1) is 23.0 Å². The van der Waals surface area contributed by atoms with Crippen LogP contribution in [0.15, 0.2) is 128 Å². The summed E-state index contributed by atoms with van der Waals surface area (Å²) in [6.45, 7) is 6.16. The minimum Gasteiger partial charge on any atom is -0.494 e. The Labute approximate surface area is 270 Å². The largest absolute Gasteiger partial charge is 0.494 e. The van der Waals surface area contributed by atoms with Crippen molar-refractivity contribution in [2.24, 2.45) is 8.80 Å². The molecule has 12 heteroatoms. The van der Waals surface area contributed by atoms with Crippen LogP contribution in [0.2, 0.25) is 0 Å². The minimum atomic E-state index is -4.06. The first-order valence-electron chi connectivity index (χ1n) is 15.0. The van der Waals surface area contributed by atoms with Crippen LogP contribution in [0.1, 0.15) is 25.0 Å². The SMILES string of the molecule is CCOc1ccc(S(=O)(=O)N=C(c2ccccc2)N2CCN(C(=NS(=O)(=O)c3ccc(OCC)cc3)c3ccccc3)CC2)cc1. The van der Waals surface area contributed by atoms with Crippen LogP contribution in [0.25, 0.3) is 0 Å². The van der Waals surface area contributed by atoms with Gasteiger partial charge in [0.2, 0.25) is 0 Å². The molecule has 0 aliphatic carbocycles. The maximum atomic E-state index is 13.5. The van der Waals surface area contributed by atoms with Crippen LogP contribution in [-0.2, 0) is 20.0 Å². The first-order chi connectivity index (χ1) is 22.2. The fourth-order valence-corrected chi connectivity index (χ4v) is 7.04. The van der Waals surface area contributed by atoms with E-state index in [1.54, 1.807) is 24.3 Å². The van der Waals surface area contributed by atoms with Crippen LogP contribution in [0.4, 0.5) is 0 Å². The van der Waals surface area contributed by atoms with E-state index in [1.165, 1.54) is 24.3 Å². The lowest BCUT2D eigenvalue weighted by Gasteiger charge is -2.38. The summed E-state index contributed by atoms with van der Waals surface area (Å²) in [6, 6.07) is 30.7. The number of nitrogens with zero attached hydrogens (tertiary/aromatic N) is 4. The highest BCUT2D eigenvalue weighted by molar-refractivity contribution is 7.90. The van der Waals surface area contributed by atoms with Gasteiger partial charge in [-0.25, -0.2) is 0 Å². The highest BCUT2D eigenvalue weighted by Gasteiger charge is 2.27. The van der Waals surface area contributed by atoms with Crippen molar-refractivity contribution in [3.8, 4) is 11.5 Å². The van der Waals surface area contributed by atoms with Crippen molar-refractivity contribution in [1.29, 1.82) is 0 Å². The summed E-state index contributed by atoms with van der Waals surface area (Å²) >= 11 is 0. The molecule has 0 bridgehead atoms. The molecule has 0 saturated carbocycles. The van der Waals surface area contributed by atoms with Gasteiger partial charge in [-0.2, -0.15) is 16.8 Å². The highest BCUT2D eigenvalue weighted by Crippen LogP contribution is 2.23. The average Bonchev–Trinajstić information content (AvgIpc) is 3.08. The summed E-state index contributed by atoms with van der Waals surface area (Å²) in [6.07, 6.45) is 0. The van der Waals surface area contributed by atoms with Gasteiger partial charge < -0.3 is 19.3 Å². The Morgan fingerprint density at radius 1 is 0.543 bits per heavy atom. The van der Waals surface area contributed by atoms with Crippen LogP contribution in [0.3, 0.4) is 0 Å². The summed E-state index contributed by atoms with van der Waals surface area (Å²) in [7, 11) is -8.12. The van der Waals surface area contributed by atoms with Crippen LogP contribution in [-0.4, -0.2) is 77.7 Å². The normalized spacial score (nSPS) is 14.7. The molecule has 1 aliphatic rings. The number of piperazine rings is 1. The standard InChI is InChI=1S/C34H36N4O6S2/c1-3-43-29-15-19-31(20-16-29)45(39,40)35-33(27-11-7-5-8-12-27)37-23-25-38(26-24-37)34(28-13-9-6-10-14-28)36-46(41,42)32-21-17-30(18-22-32)44-4-2/h5-22H,3-4,23-26H2,1-2H3. The van der Waals surface area contributed by atoms with Crippen molar-refractivity contribution >= 4 is 31.7 Å². The summed E-state index contributed by atoms with van der Waals surface area (Å²) in [5.41, 5.74) is 1.31. The van der Waals surface area contributed by atoms with Crippen LogP contribution >= 0.6 is 0 Å². The molecule has 240 valence electrons. The van der Waals surface area contributed by atoms with Gasteiger partial charge in [0.1, 0.15) is 23.2 Å². The fraction of sp³-hybridized carbons (Fsp3) is 0.235. The molecule has 0 radical (unpaired) electrons. The van der Waals surface area contributed by atoms with Crippen molar-refractivity contribution in [2.45, 2.75) is 23.6 Å². The maximum Gasteiger partial charge on any atom is 0.284 e. The Morgan fingerprint density at radius 2 is 0.870 bits per heavy atom. The van der Waals surface area contributed by atoms with Gasteiger partial charge in [-0.1, -0.05) is 60.7 Å². The van der Waals surface area contributed by atoms with Crippen molar-refractivity contribution in [2.75, 3.05) is 39.4 Å². The van der Waals surface area contributed by atoms with E-state index in [4.69, 9.17) is 9.47 Å². The zero-order chi connectivity index (χ0) is 32.6. The molecule has 1 aliphatic heterocycles. The number of hydrogen-bond acceptors (Lipinski definition) is 6. The van der Waals surface area contributed by atoms with E-state index in [-0.39, 0.29) is 9.79 Å². The van der Waals surface area contributed by atoms with Gasteiger partial charge in [0.15, 0.2) is 0 Å². The molecule has 0 unspecified atom stereocenters. The number of hydrogen-bond donors (Lipinski definition) is 0. The molecule has 46 heavy (non-hydrogen) atoms. The third-order valence-electron chi connectivity index (χ3n) is 7.22. The van der Waals surface area contributed by atoms with Crippen molar-refractivity contribution in [1.82, 2.24) is 9.80 Å². The number of ether oxygens (including phenoxy) is 2. The zero-order valence-electron chi connectivity index (χ0n) is 25.7. The first-order valence-corrected chi connectivity index (χ1v) is 17.8. The number of sulfonamides is 2. The van der Waals surface area contributed by atoms with Gasteiger partial charge in [-0.3, -0.25) is 0 Å². The number of benzene rings is 4. The zero-order valence-corrected chi connectivity index (χ0v) is 27.3. The molecule has 0 atom stereocenters. The molecule has 0 aromatic heterocycles. The third kappa shape index (κ3) is 7.93. The molecule has 0 N–H and O–H groups in total. The molecule has 1 fully saturated rings. The van der Waals surface area contributed by atoms with Gasteiger partial charge in [0, 0.05) is 37.3 Å². The van der Waals surface area contributed by atoms with E-state index in [9.17, 15) is 16.8 Å². The molecule has 4 aromatic rings. The molecule has 1 saturated heterocycles. The second-order valence-electron chi connectivity index (χ2n) is 10.3. The van der Waals surface area contributed by atoms with Crippen LogP contribution in [0.5, 0.6) is 11.5 Å². The van der Waals surface area contributed by atoms with E-state index in [2.05, 4.69) is 8.80 Å². The lowest BCUT2D eigenvalue weighted by Crippen LogP contribution is -2.51. The smallest absolute Gasteiger partial charge is 0.284 e. The van der Waals surface area contributed by atoms with Gasteiger partial charge in [0.25, 0.3) is 20.0 Å². The monoisotopic (exact) mass is 660 g/mol. The maximum absolute atomic E-state index is 13.5. The highest BCUT2D eigenvalue weighted by atomic mass is 32.2. The molecule has 5 rings (SSSR count). The van der Waals surface area contributed by atoms with Crippen molar-refractivity contribution in [3.63, 3.8) is 0 Å². The Morgan fingerprint density at radius 3 is 1.17 bits per heavy atom. The van der Waals surface area contributed by atoms with Gasteiger partial charge >= 0.3 is 0 Å². The summed E-state index contributed by atoms with van der Waals surface area (Å²) < 4.78 is 73.4. The predicted molar refractivity (Wildman–Crippen MR) is 179 cm³/mol. The Bertz CT molecular complexity index is 1730. The van der Waals surface area contributed by atoms with Gasteiger partial charge in [-0.15, -0.1) is 8.80 Å². The minimum absolute atomic E-state index is 0.0565. The summed E-state index contributed by atoms with van der Waals surface area (Å²) in [5, 5.41) is 0. The first kappa shape index (κ1) is 32.7. The second kappa shape index (κ2) is 14.6. The lowest BCUT2D eigenvalue weighted by molar-refractivity contribution is 0.260. The van der Waals surface area contributed by atoms with E-state index in [0.29, 0.717) is 73.7 Å². The second-order valence-corrected chi connectivity index (χ2v) is 13.5. The predicted octanol–water partition coefficient (Wildman–Crippen LogP) is 5.07. The molecule has 10 nitrogen and oxygen atoms in total. The fourth-order valence-electron chi connectivity index (χ4n) is 4.97. The van der Waals surface area contributed by atoms with Crippen LogP contribution < -0.4 is 9.47 Å². The Kier molecular flexibility index (Phi) is 10.4. The third-order valence-corrected chi connectivity index (χ3v) is 9.78. The van der Waals surface area contributed by atoms with E-state index < -0.39 is 20.0 Å². The number of amidine groups is 2. The average molecular weight is 661 g/mol. The molecule has 4 aromatic carbocycles. The lowest BCUT2D eigenvalue weighted by atomic mass is 10.1. The van der Waals surface area contributed by atoms with E-state index >= 15 is 0 Å². The summed E-state index contributed by atoms with van der Waals surface area (Å²) in [5.74, 6) is 1.78. The Balaban J connectivity index is 1.43. The topological polar surface area (TPSA) is 118 Å². The molecular formula is C34H36N4O6S2. The number of rotatable bonds is 10. The van der Waals surface area contributed by atoms with E-state index in [1.807, 2.05) is 84.3 Å². The molecule has 0 spiro atoms. The van der Waals surface area contributed by atoms with Crippen molar-refractivity contribution < 1.29 is 26.3 Å². The molecule has 1 heterocycles. The summed E-state index contributed by atoms with van der Waals surface area (Å²) in [4.78, 5) is 3.92. The quantitative estimate of drug-likeness (QED) is 0.171. The van der Waals surface area contributed by atoms with Crippen LogP contribution in [0, 0.1) is 0 Å². The molecule has 0 amide bonds. The van der Waals surface area contributed by atoms with E-state index in [0.717, 1.165) is 0 Å². The van der Waals surface area contributed by atoms with Crippen molar-refractivity contribution in [3.05, 3.63) is 120 Å². The molecular weight excluding hydrogens is 625 g/mol. The van der Waals surface area contributed by atoms with Gasteiger partial charge in [-0.05, 0) is 62.4 Å².